The normalized spacial score (nSPS) is 11.9. The molecule has 0 radical (unpaired) electrons. The Morgan fingerprint density at radius 2 is 1.64 bits per heavy atom. The molecular formula is C21H24N+. The molecule has 0 bridgehead atoms. The van der Waals surface area contributed by atoms with E-state index in [1.807, 2.05) is 0 Å². The van der Waals surface area contributed by atoms with E-state index in [0.29, 0.717) is 0 Å². The van der Waals surface area contributed by atoms with Crippen molar-refractivity contribution in [3.8, 4) is 11.3 Å². The van der Waals surface area contributed by atoms with Gasteiger partial charge in [0.05, 0.1) is 0 Å². The van der Waals surface area contributed by atoms with Crippen LogP contribution in [0.1, 0.15) is 31.9 Å². The molecule has 3 rings (SSSR count). The molecule has 1 aromatic heterocycles. The van der Waals surface area contributed by atoms with E-state index in [1.54, 1.807) is 0 Å². The first-order chi connectivity index (χ1) is 10.4. The van der Waals surface area contributed by atoms with Crippen molar-refractivity contribution in [1.29, 1.82) is 0 Å². The number of hydrogen-bond donors (Lipinski definition) is 0. The van der Waals surface area contributed by atoms with Gasteiger partial charge in [0.1, 0.15) is 7.05 Å². The van der Waals surface area contributed by atoms with Crippen molar-refractivity contribution < 1.29 is 4.57 Å². The van der Waals surface area contributed by atoms with E-state index < -0.39 is 0 Å². The van der Waals surface area contributed by atoms with Gasteiger partial charge < -0.3 is 0 Å². The molecule has 0 saturated heterocycles. The summed E-state index contributed by atoms with van der Waals surface area (Å²) in [6, 6.07) is 17.6. The summed E-state index contributed by atoms with van der Waals surface area (Å²) >= 11 is 0. The van der Waals surface area contributed by atoms with Crippen molar-refractivity contribution >= 4 is 10.8 Å². The first kappa shape index (κ1) is 14.8. The van der Waals surface area contributed by atoms with Crippen LogP contribution in [0.25, 0.3) is 22.0 Å². The quantitative estimate of drug-likeness (QED) is 0.559. The average molecular weight is 290 g/mol. The van der Waals surface area contributed by atoms with Crippen LogP contribution in [0.4, 0.5) is 0 Å². The minimum atomic E-state index is 0.141. The van der Waals surface area contributed by atoms with Crippen LogP contribution < -0.4 is 4.57 Å². The Labute approximate surface area is 133 Å². The van der Waals surface area contributed by atoms with Gasteiger partial charge in [-0.1, -0.05) is 51.1 Å². The van der Waals surface area contributed by atoms with Crippen LogP contribution in [0.2, 0.25) is 0 Å². The maximum atomic E-state index is 2.35. The molecule has 0 amide bonds. The second-order valence-electron chi connectivity index (χ2n) is 7.14. The number of aromatic nitrogens is 1. The van der Waals surface area contributed by atoms with Crippen molar-refractivity contribution in [3.05, 3.63) is 65.9 Å². The van der Waals surface area contributed by atoms with Crippen LogP contribution in [-0.4, -0.2) is 0 Å². The predicted octanol–water partition coefficient (Wildman–Crippen LogP) is 4.94. The molecule has 0 saturated carbocycles. The van der Waals surface area contributed by atoms with Crippen LogP contribution in [0, 0.1) is 6.92 Å². The maximum Gasteiger partial charge on any atom is 0.213 e. The molecule has 112 valence electrons. The number of rotatable bonds is 1. The summed E-state index contributed by atoms with van der Waals surface area (Å²) in [7, 11) is 2.13. The van der Waals surface area contributed by atoms with Gasteiger partial charge in [-0.25, -0.2) is 4.57 Å². The molecule has 2 aromatic carbocycles. The summed E-state index contributed by atoms with van der Waals surface area (Å²) in [5.41, 5.74) is 5.42. The minimum absolute atomic E-state index is 0.141. The third-order valence-corrected chi connectivity index (χ3v) is 4.36. The zero-order valence-corrected chi connectivity index (χ0v) is 14.1. The Morgan fingerprint density at radius 1 is 0.909 bits per heavy atom. The highest BCUT2D eigenvalue weighted by molar-refractivity contribution is 5.88. The average Bonchev–Trinajstić information content (AvgIpc) is 2.45. The highest BCUT2D eigenvalue weighted by Gasteiger charge is 2.20. The lowest BCUT2D eigenvalue weighted by molar-refractivity contribution is -0.659. The summed E-state index contributed by atoms with van der Waals surface area (Å²) in [5, 5.41) is 2.65. The van der Waals surface area contributed by atoms with Gasteiger partial charge in [-0.2, -0.15) is 0 Å². The number of aryl methyl sites for hydroxylation is 2. The monoisotopic (exact) mass is 290 g/mol. The zero-order chi connectivity index (χ0) is 15.9. The van der Waals surface area contributed by atoms with Gasteiger partial charge in [0.25, 0.3) is 0 Å². The van der Waals surface area contributed by atoms with Gasteiger partial charge in [0.15, 0.2) is 6.20 Å². The van der Waals surface area contributed by atoms with Gasteiger partial charge in [-0.05, 0) is 41.0 Å². The molecule has 0 unspecified atom stereocenters. The highest BCUT2D eigenvalue weighted by Crippen LogP contribution is 2.31. The van der Waals surface area contributed by atoms with Gasteiger partial charge in [-0.15, -0.1) is 0 Å². The fourth-order valence-electron chi connectivity index (χ4n) is 3.16. The van der Waals surface area contributed by atoms with Crippen molar-refractivity contribution in [3.63, 3.8) is 0 Å². The SMILES string of the molecule is Cc1ccccc1-c1cc2c(C(C)(C)C)cccc2c[n+]1C. The lowest BCUT2D eigenvalue weighted by Gasteiger charge is -2.21. The van der Waals surface area contributed by atoms with E-state index in [4.69, 9.17) is 0 Å². The van der Waals surface area contributed by atoms with Gasteiger partial charge in [0.2, 0.25) is 5.69 Å². The van der Waals surface area contributed by atoms with Crippen LogP contribution in [0.15, 0.2) is 54.7 Å². The van der Waals surface area contributed by atoms with Crippen molar-refractivity contribution in [2.45, 2.75) is 33.1 Å². The first-order valence-electron chi connectivity index (χ1n) is 7.87. The summed E-state index contributed by atoms with van der Waals surface area (Å²) in [4.78, 5) is 0. The Bertz CT molecular complexity index is 838. The molecule has 1 heteroatoms. The van der Waals surface area contributed by atoms with Crippen LogP contribution in [0.5, 0.6) is 0 Å². The van der Waals surface area contributed by atoms with E-state index >= 15 is 0 Å². The minimum Gasteiger partial charge on any atom is -0.200 e. The van der Waals surface area contributed by atoms with Crippen LogP contribution in [-0.2, 0) is 12.5 Å². The van der Waals surface area contributed by atoms with Crippen LogP contribution in [0.3, 0.4) is 0 Å². The van der Waals surface area contributed by atoms with E-state index in [-0.39, 0.29) is 5.41 Å². The van der Waals surface area contributed by atoms with Crippen molar-refractivity contribution in [2.24, 2.45) is 7.05 Å². The molecule has 0 aliphatic heterocycles. The topological polar surface area (TPSA) is 3.88 Å². The lowest BCUT2D eigenvalue weighted by Crippen LogP contribution is -2.31. The van der Waals surface area contributed by atoms with Crippen LogP contribution >= 0.6 is 0 Å². The largest absolute Gasteiger partial charge is 0.213 e. The summed E-state index contributed by atoms with van der Waals surface area (Å²) in [6.45, 7) is 9.02. The second-order valence-corrected chi connectivity index (χ2v) is 7.14. The predicted molar refractivity (Wildman–Crippen MR) is 94.0 cm³/mol. The molecule has 0 fully saturated rings. The molecule has 0 aliphatic rings. The maximum absolute atomic E-state index is 2.35. The Kier molecular flexibility index (Phi) is 3.52. The fraction of sp³-hybridized carbons (Fsp3) is 0.286. The van der Waals surface area contributed by atoms with Gasteiger partial charge >= 0.3 is 0 Å². The van der Waals surface area contributed by atoms with Gasteiger partial charge in [-0.3, -0.25) is 0 Å². The number of fused-ring (bicyclic) bond motifs is 1. The molecule has 0 atom stereocenters. The third-order valence-electron chi connectivity index (χ3n) is 4.36. The van der Waals surface area contributed by atoms with E-state index in [9.17, 15) is 0 Å². The second kappa shape index (κ2) is 5.24. The fourth-order valence-corrected chi connectivity index (χ4v) is 3.16. The molecule has 1 nitrogen and oxygen atoms in total. The number of nitrogens with zero attached hydrogens (tertiary/aromatic N) is 1. The number of benzene rings is 2. The summed E-state index contributed by atoms with van der Waals surface area (Å²) < 4.78 is 2.23. The van der Waals surface area contributed by atoms with Crippen molar-refractivity contribution in [1.82, 2.24) is 0 Å². The van der Waals surface area contributed by atoms with E-state index in [1.165, 1.54) is 33.2 Å². The first-order valence-corrected chi connectivity index (χ1v) is 7.87. The van der Waals surface area contributed by atoms with E-state index in [0.717, 1.165) is 0 Å². The molecule has 1 heterocycles. The molecule has 0 aliphatic carbocycles. The molecule has 0 N–H and O–H groups in total. The highest BCUT2D eigenvalue weighted by atomic mass is 14.9. The Hall–Kier alpha value is -2.15. The molecule has 3 aromatic rings. The summed E-state index contributed by atoms with van der Waals surface area (Å²) in [5.74, 6) is 0. The molecule has 22 heavy (non-hydrogen) atoms. The summed E-state index contributed by atoms with van der Waals surface area (Å²) in [6.07, 6.45) is 2.24. The standard InChI is InChI=1S/C21H24N/c1-15-9-6-7-11-17(15)20-13-18-16(14-22(20)5)10-8-12-19(18)21(2,3)4/h6-14H,1-5H3/q+1. The number of hydrogen-bond acceptors (Lipinski definition) is 0. The molecular weight excluding hydrogens is 266 g/mol. The zero-order valence-electron chi connectivity index (χ0n) is 14.1. The smallest absolute Gasteiger partial charge is 0.200 e. The third kappa shape index (κ3) is 2.52. The molecule has 0 spiro atoms. The number of pyridine rings is 1. The Morgan fingerprint density at radius 3 is 2.32 bits per heavy atom. The van der Waals surface area contributed by atoms with Gasteiger partial charge in [0, 0.05) is 17.0 Å². The Balaban J connectivity index is 2.34. The van der Waals surface area contributed by atoms with E-state index in [2.05, 4.69) is 94.0 Å². The van der Waals surface area contributed by atoms with Crippen molar-refractivity contribution in [2.75, 3.05) is 0 Å². The lowest BCUT2D eigenvalue weighted by atomic mass is 9.83.